The lowest BCUT2D eigenvalue weighted by molar-refractivity contribution is -0.274. The summed E-state index contributed by atoms with van der Waals surface area (Å²) in [6, 6.07) is 4.46. The summed E-state index contributed by atoms with van der Waals surface area (Å²) in [5.74, 6) is -2.00. The Balaban J connectivity index is 2.75. The molecule has 0 aliphatic rings. The highest BCUT2D eigenvalue weighted by Gasteiger charge is 2.31. The zero-order valence-electron chi connectivity index (χ0n) is 8.95. The summed E-state index contributed by atoms with van der Waals surface area (Å²) in [7, 11) is 0. The molecule has 0 aliphatic carbocycles. The number of carbonyl (C=O) groups is 2. The fourth-order valence-corrected chi connectivity index (χ4v) is 1.10. The van der Waals surface area contributed by atoms with Crippen molar-refractivity contribution < 1.29 is 27.5 Å². The van der Waals surface area contributed by atoms with Crippen molar-refractivity contribution in [3.63, 3.8) is 0 Å². The molecule has 2 amide bonds. The van der Waals surface area contributed by atoms with Crippen molar-refractivity contribution in [1.82, 2.24) is 5.32 Å². The van der Waals surface area contributed by atoms with Crippen molar-refractivity contribution in [2.45, 2.75) is 6.36 Å². The number of halogens is 3. The fourth-order valence-electron chi connectivity index (χ4n) is 1.10. The molecule has 0 atom stereocenters. The minimum atomic E-state index is -4.83. The van der Waals surface area contributed by atoms with Crippen LogP contribution in [0.15, 0.2) is 24.3 Å². The number of hydrogen-bond acceptors (Lipinski definition) is 3. The molecule has 1 aromatic rings. The van der Waals surface area contributed by atoms with Crippen LogP contribution in [-0.4, -0.2) is 24.7 Å². The third-order valence-corrected chi connectivity index (χ3v) is 1.75. The zero-order valence-corrected chi connectivity index (χ0v) is 8.95. The second kappa shape index (κ2) is 5.39. The van der Waals surface area contributed by atoms with Crippen LogP contribution in [0.3, 0.4) is 0 Å². The Morgan fingerprint density at radius 2 is 2.00 bits per heavy atom. The van der Waals surface area contributed by atoms with Crippen LogP contribution >= 0.6 is 0 Å². The van der Waals surface area contributed by atoms with Gasteiger partial charge >= 0.3 is 6.36 Å². The SMILES string of the molecule is NC(=O)CNC(=O)c1cccc(OC(F)(F)F)c1. The molecule has 0 fully saturated rings. The van der Waals surface area contributed by atoms with Gasteiger partial charge < -0.3 is 15.8 Å². The number of alkyl halides is 3. The van der Waals surface area contributed by atoms with Crippen LogP contribution in [0.1, 0.15) is 10.4 Å². The highest BCUT2D eigenvalue weighted by Crippen LogP contribution is 2.23. The topological polar surface area (TPSA) is 81.4 Å². The monoisotopic (exact) mass is 262 g/mol. The fraction of sp³-hybridized carbons (Fsp3) is 0.200. The van der Waals surface area contributed by atoms with Crippen LogP contribution in [0.2, 0.25) is 0 Å². The summed E-state index contributed by atoms with van der Waals surface area (Å²) in [5.41, 5.74) is 4.73. The molecule has 0 unspecified atom stereocenters. The summed E-state index contributed by atoms with van der Waals surface area (Å²) in [5, 5.41) is 2.14. The first-order valence-electron chi connectivity index (χ1n) is 4.70. The standard InChI is InChI=1S/C10H9F3N2O3/c11-10(12,13)18-7-3-1-2-6(4-7)9(17)15-5-8(14)16/h1-4H,5H2,(H2,14,16)(H,15,17). The lowest BCUT2D eigenvalue weighted by atomic mass is 10.2. The largest absolute Gasteiger partial charge is 0.573 e. The van der Waals surface area contributed by atoms with E-state index in [1.54, 1.807) is 0 Å². The Bertz CT molecular complexity index is 460. The Labute approximate surface area is 99.7 Å². The second-order valence-corrected chi connectivity index (χ2v) is 3.22. The summed E-state index contributed by atoms with van der Waals surface area (Å²) < 4.78 is 39.5. The van der Waals surface area contributed by atoms with Gasteiger partial charge in [-0.25, -0.2) is 0 Å². The van der Waals surface area contributed by atoms with Crippen molar-refractivity contribution in [3.05, 3.63) is 29.8 Å². The Hall–Kier alpha value is -2.25. The van der Waals surface area contributed by atoms with Crippen molar-refractivity contribution in [2.75, 3.05) is 6.54 Å². The van der Waals surface area contributed by atoms with Crippen LogP contribution in [0.5, 0.6) is 5.75 Å². The van der Waals surface area contributed by atoms with Crippen LogP contribution in [0.25, 0.3) is 0 Å². The Kier molecular flexibility index (Phi) is 4.13. The molecule has 0 aliphatic heterocycles. The quantitative estimate of drug-likeness (QED) is 0.842. The van der Waals surface area contributed by atoms with Crippen molar-refractivity contribution in [2.24, 2.45) is 5.73 Å². The van der Waals surface area contributed by atoms with E-state index in [0.717, 1.165) is 12.1 Å². The maximum Gasteiger partial charge on any atom is 0.573 e. The van der Waals surface area contributed by atoms with Crippen LogP contribution in [-0.2, 0) is 4.79 Å². The van der Waals surface area contributed by atoms with Crippen LogP contribution in [0, 0.1) is 0 Å². The van der Waals surface area contributed by atoms with Crippen molar-refractivity contribution in [1.29, 1.82) is 0 Å². The number of nitrogens with two attached hydrogens (primary N) is 1. The van der Waals surface area contributed by atoms with Gasteiger partial charge in [-0.2, -0.15) is 0 Å². The molecule has 0 saturated carbocycles. The molecule has 0 radical (unpaired) electrons. The first-order valence-corrected chi connectivity index (χ1v) is 4.70. The number of primary amides is 1. The smallest absolute Gasteiger partial charge is 0.406 e. The van der Waals surface area contributed by atoms with Gasteiger partial charge in [0.15, 0.2) is 0 Å². The van der Waals surface area contributed by atoms with Crippen molar-refractivity contribution in [3.8, 4) is 5.75 Å². The van der Waals surface area contributed by atoms with Gasteiger partial charge in [0.05, 0.1) is 6.54 Å². The minimum Gasteiger partial charge on any atom is -0.406 e. The van der Waals surface area contributed by atoms with Gasteiger partial charge in [0.2, 0.25) is 5.91 Å². The Morgan fingerprint density at radius 3 is 2.56 bits per heavy atom. The lowest BCUT2D eigenvalue weighted by Crippen LogP contribution is -2.33. The van der Waals surface area contributed by atoms with Gasteiger partial charge in [0, 0.05) is 5.56 Å². The molecule has 0 saturated heterocycles. The number of rotatable bonds is 4. The normalized spacial score (nSPS) is 10.8. The predicted octanol–water partition coefficient (Wildman–Crippen LogP) is 0.800. The van der Waals surface area contributed by atoms with E-state index in [9.17, 15) is 22.8 Å². The molecule has 0 spiro atoms. The van der Waals surface area contributed by atoms with Gasteiger partial charge in [-0.15, -0.1) is 13.2 Å². The zero-order chi connectivity index (χ0) is 13.8. The average molecular weight is 262 g/mol. The molecule has 3 N–H and O–H groups in total. The number of amides is 2. The lowest BCUT2D eigenvalue weighted by Gasteiger charge is -2.09. The third kappa shape index (κ3) is 4.73. The molecule has 8 heteroatoms. The molecule has 5 nitrogen and oxygen atoms in total. The van der Waals surface area contributed by atoms with E-state index in [1.807, 2.05) is 0 Å². The van der Waals surface area contributed by atoms with Gasteiger partial charge in [-0.1, -0.05) is 6.07 Å². The van der Waals surface area contributed by atoms with Crippen LogP contribution < -0.4 is 15.8 Å². The first-order chi connectivity index (χ1) is 8.28. The van der Waals surface area contributed by atoms with E-state index in [0.29, 0.717) is 0 Å². The van der Waals surface area contributed by atoms with Gasteiger partial charge in [0.1, 0.15) is 5.75 Å². The second-order valence-electron chi connectivity index (χ2n) is 3.22. The third-order valence-electron chi connectivity index (χ3n) is 1.75. The summed E-state index contributed by atoms with van der Waals surface area (Å²) in [6.07, 6.45) is -4.83. The van der Waals surface area contributed by atoms with E-state index in [1.165, 1.54) is 12.1 Å². The Morgan fingerprint density at radius 1 is 1.33 bits per heavy atom. The number of benzene rings is 1. The van der Waals surface area contributed by atoms with Crippen molar-refractivity contribution >= 4 is 11.8 Å². The van der Waals surface area contributed by atoms with Gasteiger partial charge in [-0.3, -0.25) is 9.59 Å². The number of ether oxygens (including phenoxy) is 1. The summed E-state index contributed by atoms with van der Waals surface area (Å²) in [6.45, 7) is -0.400. The van der Waals surface area contributed by atoms with E-state index in [-0.39, 0.29) is 5.56 Å². The maximum atomic E-state index is 11.9. The molecule has 0 bridgehead atoms. The molecular formula is C10H9F3N2O3. The molecule has 1 rings (SSSR count). The molecule has 98 valence electrons. The van der Waals surface area contributed by atoms with Crippen LogP contribution in [0.4, 0.5) is 13.2 Å². The predicted molar refractivity (Wildman–Crippen MR) is 54.7 cm³/mol. The van der Waals surface area contributed by atoms with E-state index in [4.69, 9.17) is 5.73 Å². The molecule has 1 aromatic carbocycles. The number of nitrogens with one attached hydrogen (secondary N) is 1. The highest BCUT2D eigenvalue weighted by atomic mass is 19.4. The van der Waals surface area contributed by atoms with E-state index < -0.39 is 30.5 Å². The minimum absolute atomic E-state index is 0.0713. The van der Waals surface area contributed by atoms with E-state index in [2.05, 4.69) is 10.1 Å². The number of hydrogen-bond donors (Lipinski definition) is 2. The maximum absolute atomic E-state index is 11.9. The number of carbonyl (C=O) groups excluding carboxylic acids is 2. The average Bonchev–Trinajstić information content (AvgIpc) is 2.23. The molecule has 0 heterocycles. The molecular weight excluding hydrogens is 253 g/mol. The van der Waals surface area contributed by atoms with E-state index >= 15 is 0 Å². The summed E-state index contributed by atoms with van der Waals surface area (Å²) >= 11 is 0. The first kappa shape index (κ1) is 13.8. The molecule has 0 aromatic heterocycles. The highest BCUT2D eigenvalue weighted by molar-refractivity contribution is 5.96. The van der Waals surface area contributed by atoms with Gasteiger partial charge in [0.25, 0.3) is 5.91 Å². The molecule has 18 heavy (non-hydrogen) atoms. The summed E-state index contributed by atoms with van der Waals surface area (Å²) in [4.78, 5) is 21.8. The van der Waals surface area contributed by atoms with Gasteiger partial charge in [-0.05, 0) is 18.2 Å².